The molecule has 0 aliphatic carbocycles. The Kier molecular flexibility index (Phi) is 5.40. The van der Waals surface area contributed by atoms with E-state index >= 15 is 0 Å². The summed E-state index contributed by atoms with van der Waals surface area (Å²) < 4.78 is 5.41. The molecule has 1 aromatic carbocycles. The number of thiophene rings is 1. The molecule has 1 aliphatic heterocycles. The van der Waals surface area contributed by atoms with Crippen LogP contribution in [-0.4, -0.2) is 34.2 Å². The van der Waals surface area contributed by atoms with Crippen LogP contribution in [-0.2, 0) is 6.42 Å². The zero-order valence-corrected chi connectivity index (χ0v) is 16.2. The van der Waals surface area contributed by atoms with Gasteiger partial charge in [0.05, 0.1) is 10.7 Å². The van der Waals surface area contributed by atoms with Gasteiger partial charge in [0.15, 0.2) is 0 Å². The van der Waals surface area contributed by atoms with E-state index in [1.165, 1.54) is 0 Å². The van der Waals surface area contributed by atoms with Crippen molar-refractivity contribution in [3.05, 3.63) is 52.0 Å². The van der Waals surface area contributed by atoms with E-state index in [2.05, 4.69) is 15.5 Å². The Hall–Kier alpha value is -2.38. The topological polar surface area (TPSA) is 71.3 Å². The summed E-state index contributed by atoms with van der Waals surface area (Å²) in [4.78, 5) is 18.9. The minimum atomic E-state index is -0.128. The van der Waals surface area contributed by atoms with Crippen LogP contribution in [0.3, 0.4) is 0 Å². The molecule has 3 aromatic rings. The number of benzene rings is 1. The van der Waals surface area contributed by atoms with Gasteiger partial charge in [0, 0.05) is 30.5 Å². The molecule has 0 saturated carbocycles. The first-order valence-electron chi connectivity index (χ1n) is 8.84. The molecule has 4 rings (SSSR count). The van der Waals surface area contributed by atoms with Crippen molar-refractivity contribution in [3.63, 3.8) is 0 Å². The maximum atomic E-state index is 12.6. The number of anilines is 1. The van der Waals surface area contributed by atoms with Crippen LogP contribution < -0.4 is 5.32 Å². The van der Waals surface area contributed by atoms with Crippen molar-refractivity contribution in [2.75, 3.05) is 18.4 Å². The molecule has 0 unspecified atom stereocenters. The van der Waals surface area contributed by atoms with Crippen molar-refractivity contribution in [2.45, 2.75) is 19.3 Å². The lowest BCUT2D eigenvalue weighted by molar-refractivity contribution is 0.173. The summed E-state index contributed by atoms with van der Waals surface area (Å²) in [6.45, 7) is 1.39. The second-order valence-corrected chi connectivity index (χ2v) is 7.78. The number of nitrogens with one attached hydrogen (secondary N) is 1. The molecule has 1 saturated heterocycles. The number of hydrogen-bond donors (Lipinski definition) is 1. The second-order valence-electron chi connectivity index (χ2n) is 6.59. The number of carbonyl (C=O) groups excluding carboxylic acids is 1. The minimum absolute atomic E-state index is 0.128. The van der Waals surface area contributed by atoms with E-state index in [0.717, 1.165) is 24.9 Å². The monoisotopic (exact) mass is 402 g/mol. The highest BCUT2D eigenvalue weighted by Gasteiger charge is 2.26. The Morgan fingerprint density at radius 2 is 2.26 bits per heavy atom. The van der Waals surface area contributed by atoms with Crippen LogP contribution in [0.25, 0.3) is 11.4 Å². The molecule has 1 aliphatic rings. The van der Waals surface area contributed by atoms with E-state index in [0.29, 0.717) is 41.3 Å². The van der Waals surface area contributed by atoms with Gasteiger partial charge in [-0.2, -0.15) is 16.3 Å². The summed E-state index contributed by atoms with van der Waals surface area (Å²) >= 11 is 7.73. The highest BCUT2D eigenvalue weighted by molar-refractivity contribution is 7.08. The molecule has 0 bridgehead atoms. The molecular formula is C19H19ClN4O2S. The predicted molar refractivity (Wildman–Crippen MR) is 106 cm³/mol. The fourth-order valence-corrected chi connectivity index (χ4v) is 4.08. The number of likely N-dealkylation sites (tertiary alicyclic amines) is 1. The van der Waals surface area contributed by atoms with Crippen molar-refractivity contribution in [1.82, 2.24) is 15.0 Å². The van der Waals surface area contributed by atoms with Crippen molar-refractivity contribution in [3.8, 4) is 11.4 Å². The van der Waals surface area contributed by atoms with Crippen molar-refractivity contribution in [2.24, 2.45) is 5.92 Å². The molecule has 3 heterocycles. The van der Waals surface area contributed by atoms with Gasteiger partial charge in [0.25, 0.3) is 0 Å². The second kappa shape index (κ2) is 8.10. The average molecular weight is 403 g/mol. The quantitative estimate of drug-likeness (QED) is 0.671. The first kappa shape index (κ1) is 18.0. The van der Waals surface area contributed by atoms with Crippen LogP contribution >= 0.6 is 22.9 Å². The van der Waals surface area contributed by atoms with Crippen LogP contribution in [0.1, 0.15) is 18.7 Å². The lowest BCUT2D eigenvalue weighted by Gasteiger charge is -2.32. The number of nitrogens with zero attached hydrogens (tertiary/aromatic N) is 3. The van der Waals surface area contributed by atoms with E-state index in [1.54, 1.807) is 23.5 Å². The van der Waals surface area contributed by atoms with Crippen LogP contribution in [0.5, 0.6) is 0 Å². The molecule has 27 heavy (non-hydrogen) atoms. The van der Waals surface area contributed by atoms with Crippen LogP contribution in [0.2, 0.25) is 5.02 Å². The van der Waals surface area contributed by atoms with Gasteiger partial charge < -0.3 is 14.7 Å². The third kappa shape index (κ3) is 4.31. The zero-order chi connectivity index (χ0) is 18.6. The minimum Gasteiger partial charge on any atom is -0.339 e. The van der Waals surface area contributed by atoms with E-state index in [9.17, 15) is 4.79 Å². The number of para-hydroxylation sites is 1. The normalized spacial score (nSPS) is 17.1. The van der Waals surface area contributed by atoms with Crippen LogP contribution in [0.15, 0.2) is 45.6 Å². The lowest BCUT2D eigenvalue weighted by atomic mass is 9.95. The maximum absolute atomic E-state index is 12.6. The van der Waals surface area contributed by atoms with Crippen LogP contribution in [0, 0.1) is 5.92 Å². The highest BCUT2D eigenvalue weighted by atomic mass is 35.5. The van der Waals surface area contributed by atoms with Crippen molar-refractivity contribution >= 4 is 34.7 Å². The number of halogens is 1. The smallest absolute Gasteiger partial charge is 0.321 e. The van der Waals surface area contributed by atoms with Gasteiger partial charge in [-0.3, -0.25) is 0 Å². The highest BCUT2D eigenvalue weighted by Crippen LogP contribution is 2.25. The average Bonchev–Trinajstić information content (AvgIpc) is 3.35. The molecule has 0 radical (unpaired) electrons. The third-order valence-electron chi connectivity index (χ3n) is 4.63. The Balaban J connectivity index is 1.37. The Bertz CT molecular complexity index is 912. The summed E-state index contributed by atoms with van der Waals surface area (Å²) in [5, 5.41) is 11.5. The summed E-state index contributed by atoms with van der Waals surface area (Å²) in [5.74, 6) is 1.54. The number of urea groups is 1. The molecule has 6 nitrogen and oxygen atoms in total. The van der Waals surface area contributed by atoms with Gasteiger partial charge in [0.2, 0.25) is 11.7 Å². The van der Waals surface area contributed by atoms with Crippen molar-refractivity contribution in [1.29, 1.82) is 0 Å². The molecule has 1 fully saturated rings. The molecule has 0 spiro atoms. The lowest BCUT2D eigenvalue weighted by Crippen LogP contribution is -2.42. The van der Waals surface area contributed by atoms with E-state index in [4.69, 9.17) is 16.1 Å². The number of amides is 2. The number of rotatable bonds is 4. The summed E-state index contributed by atoms with van der Waals surface area (Å²) in [5.41, 5.74) is 1.60. The molecule has 2 amide bonds. The number of aromatic nitrogens is 2. The van der Waals surface area contributed by atoms with E-state index in [-0.39, 0.29) is 6.03 Å². The maximum Gasteiger partial charge on any atom is 0.321 e. The van der Waals surface area contributed by atoms with Gasteiger partial charge in [-0.25, -0.2) is 4.79 Å². The van der Waals surface area contributed by atoms with Gasteiger partial charge in [0.1, 0.15) is 0 Å². The molecule has 1 atom stereocenters. The fourth-order valence-electron chi connectivity index (χ4n) is 3.27. The van der Waals surface area contributed by atoms with E-state index in [1.807, 2.05) is 33.9 Å². The Morgan fingerprint density at radius 3 is 3.07 bits per heavy atom. The summed E-state index contributed by atoms with van der Waals surface area (Å²) in [7, 11) is 0. The number of carbonyl (C=O) groups is 1. The van der Waals surface area contributed by atoms with Gasteiger partial charge in [-0.15, -0.1) is 0 Å². The molecule has 1 N–H and O–H groups in total. The standard InChI is InChI=1S/C19H19ClN4O2S/c20-15-5-1-2-6-16(15)21-19(25)24-8-3-4-13(11-24)10-17-22-18(23-26-17)14-7-9-27-12-14/h1-2,5-7,9,12-13H,3-4,8,10-11H2,(H,21,25)/t13-/m1/s1. The van der Waals surface area contributed by atoms with Crippen molar-refractivity contribution < 1.29 is 9.32 Å². The van der Waals surface area contributed by atoms with E-state index < -0.39 is 0 Å². The zero-order valence-electron chi connectivity index (χ0n) is 14.6. The predicted octanol–water partition coefficient (Wildman–Crippen LogP) is 4.94. The third-order valence-corrected chi connectivity index (χ3v) is 5.65. The fraction of sp³-hybridized carbons (Fsp3) is 0.316. The largest absolute Gasteiger partial charge is 0.339 e. The number of piperidine rings is 1. The molecule has 8 heteroatoms. The Morgan fingerprint density at radius 1 is 1.37 bits per heavy atom. The molecular weight excluding hydrogens is 384 g/mol. The first-order valence-corrected chi connectivity index (χ1v) is 10.2. The molecule has 140 valence electrons. The summed E-state index contributed by atoms with van der Waals surface area (Å²) in [6, 6.07) is 9.09. The van der Waals surface area contributed by atoms with Gasteiger partial charge >= 0.3 is 6.03 Å². The summed E-state index contributed by atoms with van der Waals surface area (Å²) in [6.07, 6.45) is 2.66. The Labute approximate surface area is 166 Å². The van der Waals surface area contributed by atoms with Gasteiger partial charge in [-0.1, -0.05) is 28.9 Å². The molecule has 2 aromatic heterocycles. The van der Waals surface area contributed by atoms with Crippen LogP contribution in [0.4, 0.5) is 10.5 Å². The number of hydrogen-bond acceptors (Lipinski definition) is 5. The van der Waals surface area contributed by atoms with Gasteiger partial charge in [-0.05, 0) is 42.3 Å². The SMILES string of the molecule is O=C(Nc1ccccc1Cl)N1CCC[C@H](Cc2nc(-c3ccsc3)no2)C1. The first-order chi connectivity index (χ1) is 13.2.